The van der Waals surface area contributed by atoms with Gasteiger partial charge in [-0.1, -0.05) is 23.7 Å². The van der Waals surface area contributed by atoms with Crippen molar-refractivity contribution in [3.8, 4) is 0 Å². The normalized spacial score (nSPS) is 14.0. The lowest BCUT2D eigenvalue weighted by atomic mass is 10.2. The molecular formula is C17H17ClN4O3S. The van der Waals surface area contributed by atoms with Crippen LogP contribution in [0.1, 0.15) is 18.4 Å². The molecule has 0 radical (unpaired) electrons. The number of sulfonamides is 1. The number of aromatic nitrogens is 1. The van der Waals surface area contributed by atoms with Crippen LogP contribution in [0.25, 0.3) is 0 Å². The number of nitrogens with zero attached hydrogens (tertiary/aromatic N) is 2. The molecular weight excluding hydrogens is 376 g/mol. The first-order valence-electron chi connectivity index (χ1n) is 7.99. The number of pyridine rings is 1. The zero-order chi connectivity index (χ0) is 18.6. The van der Waals surface area contributed by atoms with Gasteiger partial charge in [0.25, 0.3) is 10.0 Å². The number of halogens is 1. The quantitative estimate of drug-likeness (QED) is 0.763. The summed E-state index contributed by atoms with van der Waals surface area (Å²) in [6.07, 6.45) is 3.09. The molecule has 1 amide bonds. The van der Waals surface area contributed by atoms with E-state index in [0.717, 1.165) is 6.42 Å². The molecule has 0 unspecified atom stereocenters. The minimum Gasteiger partial charge on any atom is -0.326 e. The maximum atomic E-state index is 12.4. The largest absolute Gasteiger partial charge is 0.326 e. The smallest absolute Gasteiger partial charge is 0.262 e. The lowest BCUT2D eigenvalue weighted by Crippen LogP contribution is -2.29. The Morgan fingerprint density at radius 3 is 2.77 bits per heavy atom. The molecule has 1 aromatic heterocycles. The Morgan fingerprint density at radius 2 is 2.08 bits per heavy atom. The highest BCUT2D eigenvalue weighted by molar-refractivity contribution is 7.90. The van der Waals surface area contributed by atoms with Gasteiger partial charge in [-0.05, 0) is 36.2 Å². The number of carbonyl (C=O) groups is 1. The van der Waals surface area contributed by atoms with Crippen LogP contribution >= 0.6 is 11.6 Å². The summed E-state index contributed by atoms with van der Waals surface area (Å²) in [6.45, 7) is 0.632. The van der Waals surface area contributed by atoms with E-state index < -0.39 is 10.0 Å². The van der Waals surface area contributed by atoms with Crippen LogP contribution in [0, 0.1) is 0 Å². The third-order valence-corrected chi connectivity index (χ3v) is 5.31. The van der Waals surface area contributed by atoms with Crippen LogP contribution in [0.2, 0.25) is 5.15 Å². The van der Waals surface area contributed by atoms with E-state index in [1.54, 1.807) is 24.3 Å². The topological polar surface area (TPSA) is 101 Å². The highest BCUT2D eigenvalue weighted by atomic mass is 35.5. The van der Waals surface area contributed by atoms with Gasteiger partial charge in [-0.2, -0.15) is 0 Å². The van der Waals surface area contributed by atoms with Crippen LogP contribution < -0.4 is 10.0 Å². The second-order valence-corrected chi connectivity index (χ2v) is 7.85. The number of benzene rings is 1. The van der Waals surface area contributed by atoms with Crippen molar-refractivity contribution in [1.82, 2.24) is 9.71 Å². The molecule has 0 spiro atoms. The van der Waals surface area contributed by atoms with Gasteiger partial charge in [0.05, 0.1) is 11.3 Å². The third-order valence-electron chi connectivity index (χ3n) is 3.71. The van der Waals surface area contributed by atoms with Crippen molar-refractivity contribution in [3.63, 3.8) is 0 Å². The first-order chi connectivity index (χ1) is 12.4. The molecule has 2 heterocycles. The Labute approximate surface area is 156 Å². The fourth-order valence-electron chi connectivity index (χ4n) is 2.48. The zero-order valence-electron chi connectivity index (χ0n) is 13.8. The molecule has 136 valence electrons. The van der Waals surface area contributed by atoms with Gasteiger partial charge in [0.2, 0.25) is 5.91 Å². The van der Waals surface area contributed by atoms with E-state index in [1.165, 1.54) is 18.3 Å². The Morgan fingerprint density at radius 1 is 1.23 bits per heavy atom. The van der Waals surface area contributed by atoms with E-state index >= 15 is 0 Å². The Kier molecular flexibility index (Phi) is 5.53. The lowest BCUT2D eigenvalue weighted by Gasteiger charge is -2.10. The van der Waals surface area contributed by atoms with Crippen LogP contribution in [0.15, 0.2) is 52.5 Å². The van der Waals surface area contributed by atoms with Crippen LogP contribution in [0.4, 0.5) is 5.69 Å². The van der Waals surface area contributed by atoms with Gasteiger partial charge in [0.1, 0.15) is 11.0 Å². The minimum absolute atomic E-state index is 0.0676. The molecule has 1 aliphatic rings. The average Bonchev–Trinajstić information content (AvgIpc) is 3.09. The van der Waals surface area contributed by atoms with E-state index in [9.17, 15) is 13.2 Å². The van der Waals surface area contributed by atoms with Gasteiger partial charge < -0.3 is 5.32 Å². The molecule has 0 saturated carbocycles. The molecule has 26 heavy (non-hydrogen) atoms. The van der Waals surface area contributed by atoms with Crippen molar-refractivity contribution in [2.75, 3.05) is 11.9 Å². The maximum Gasteiger partial charge on any atom is 0.262 e. The molecule has 1 aliphatic heterocycles. The van der Waals surface area contributed by atoms with Crippen molar-refractivity contribution < 1.29 is 13.2 Å². The second kappa shape index (κ2) is 7.84. The molecule has 2 N–H and O–H groups in total. The number of hydrogen-bond acceptors (Lipinski definition) is 5. The number of amidine groups is 1. The molecule has 0 fully saturated rings. The van der Waals surface area contributed by atoms with E-state index in [2.05, 4.69) is 20.0 Å². The predicted octanol–water partition coefficient (Wildman–Crippen LogP) is 2.39. The molecule has 2 aromatic rings. The number of amides is 1. The summed E-state index contributed by atoms with van der Waals surface area (Å²) < 4.78 is 27.3. The lowest BCUT2D eigenvalue weighted by molar-refractivity contribution is -0.115. The highest BCUT2D eigenvalue weighted by Crippen LogP contribution is 2.17. The number of rotatable bonds is 5. The monoisotopic (exact) mass is 392 g/mol. The number of anilines is 1. The maximum absolute atomic E-state index is 12.4. The first kappa shape index (κ1) is 18.3. The van der Waals surface area contributed by atoms with E-state index in [1.807, 2.05) is 0 Å². The summed E-state index contributed by atoms with van der Waals surface area (Å²) in [6, 6.07) is 9.40. The van der Waals surface area contributed by atoms with Crippen molar-refractivity contribution in [2.45, 2.75) is 24.2 Å². The van der Waals surface area contributed by atoms with Crippen LogP contribution in [0.5, 0.6) is 0 Å². The van der Waals surface area contributed by atoms with Crippen molar-refractivity contribution in [2.24, 2.45) is 4.99 Å². The summed E-state index contributed by atoms with van der Waals surface area (Å²) in [5, 5.41) is 3.04. The second-order valence-electron chi connectivity index (χ2n) is 5.78. The number of aliphatic imine (C=N–C) groups is 1. The number of nitrogens with one attached hydrogen (secondary N) is 2. The highest BCUT2D eigenvalue weighted by Gasteiger charge is 2.18. The van der Waals surface area contributed by atoms with Crippen molar-refractivity contribution in [1.29, 1.82) is 0 Å². The van der Waals surface area contributed by atoms with Crippen molar-refractivity contribution >= 4 is 39.1 Å². The fraction of sp³-hybridized carbons (Fsp3) is 0.235. The molecule has 3 rings (SSSR count). The van der Waals surface area contributed by atoms with E-state index in [-0.39, 0.29) is 17.2 Å². The number of hydrogen-bond donors (Lipinski definition) is 2. The molecule has 0 aliphatic carbocycles. The molecule has 7 nitrogen and oxygen atoms in total. The summed E-state index contributed by atoms with van der Waals surface area (Å²) >= 11 is 5.72. The van der Waals surface area contributed by atoms with Gasteiger partial charge in [-0.25, -0.2) is 13.4 Å². The van der Waals surface area contributed by atoms with Gasteiger partial charge in [-0.3, -0.25) is 14.5 Å². The van der Waals surface area contributed by atoms with Gasteiger partial charge in [-0.15, -0.1) is 0 Å². The van der Waals surface area contributed by atoms with Crippen molar-refractivity contribution in [3.05, 3.63) is 53.3 Å². The summed E-state index contributed by atoms with van der Waals surface area (Å²) in [5.41, 5.74) is 1.10. The first-order valence-corrected chi connectivity index (χ1v) is 9.85. The van der Waals surface area contributed by atoms with Crippen LogP contribution in [-0.2, 0) is 21.2 Å². The molecule has 9 heteroatoms. The SMILES string of the molecule is O=C(Cc1ccc(Cl)nc1)Nc1cccc(S(=O)(=O)NC2=NCCC2)c1. The minimum atomic E-state index is -3.72. The molecule has 0 atom stereocenters. The Hall–Kier alpha value is -2.45. The molecule has 0 bridgehead atoms. The Bertz CT molecular complexity index is 943. The Balaban J connectivity index is 1.68. The van der Waals surface area contributed by atoms with Gasteiger partial charge in [0, 0.05) is 24.8 Å². The zero-order valence-corrected chi connectivity index (χ0v) is 15.3. The van der Waals surface area contributed by atoms with E-state index in [0.29, 0.717) is 35.2 Å². The third kappa shape index (κ3) is 4.80. The fourth-order valence-corrected chi connectivity index (χ4v) is 3.73. The van der Waals surface area contributed by atoms with E-state index in [4.69, 9.17) is 11.6 Å². The van der Waals surface area contributed by atoms with Crippen LogP contribution in [0.3, 0.4) is 0 Å². The summed E-state index contributed by atoms with van der Waals surface area (Å²) in [5.74, 6) is 0.187. The average molecular weight is 393 g/mol. The standard InChI is InChI=1S/C17H17ClN4O3S/c18-15-7-6-12(11-20-15)9-17(23)21-13-3-1-4-14(10-13)26(24,25)22-16-5-2-8-19-16/h1,3-4,6-7,10-11H,2,5,8-9H2,(H,19,22)(H,21,23). The molecule has 0 saturated heterocycles. The van der Waals surface area contributed by atoms with Gasteiger partial charge in [0.15, 0.2) is 0 Å². The van der Waals surface area contributed by atoms with Gasteiger partial charge >= 0.3 is 0 Å². The molecule has 1 aromatic carbocycles. The number of carbonyl (C=O) groups excluding carboxylic acids is 1. The summed E-state index contributed by atoms with van der Waals surface area (Å²) in [7, 11) is -3.72. The predicted molar refractivity (Wildman–Crippen MR) is 99.9 cm³/mol. The van der Waals surface area contributed by atoms with Crippen LogP contribution in [-0.4, -0.2) is 31.7 Å². The summed E-state index contributed by atoms with van der Waals surface area (Å²) in [4.78, 5) is 20.3.